The first-order valence-corrected chi connectivity index (χ1v) is 8.66. The SMILES string of the molecule is Cl.O=C(NC1CCNCC1)C1=CC=CN2CCS(=O)(=O)N=C12. The zero-order valence-electron chi connectivity index (χ0n) is 12.0. The molecule has 1 amide bonds. The molecule has 0 aromatic rings. The maximum atomic E-state index is 12.4. The quantitative estimate of drug-likeness (QED) is 0.721. The van der Waals surface area contributed by atoms with Crippen molar-refractivity contribution in [3.63, 3.8) is 0 Å². The van der Waals surface area contributed by atoms with Crippen molar-refractivity contribution in [2.75, 3.05) is 25.4 Å². The summed E-state index contributed by atoms with van der Waals surface area (Å²) in [5, 5.41) is 6.20. The number of halogens is 1. The lowest BCUT2D eigenvalue weighted by Gasteiger charge is -2.30. The Balaban J connectivity index is 0.00000176. The minimum Gasteiger partial charge on any atom is -0.349 e. The van der Waals surface area contributed by atoms with Gasteiger partial charge in [0.1, 0.15) is 0 Å². The monoisotopic (exact) mass is 346 g/mol. The van der Waals surface area contributed by atoms with Gasteiger partial charge in [-0.15, -0.1) is 16.8 Å². The normalized spacial score (nSPS) is 23.7. The molecule has 0 spiro atoms. The lowest BCUT2D eigenvalue weighted by atomic mass is 10.0. The van der Waals surface area contributed by atoms with E-state index >= 15 is 0 Å². The van der Waals surface area contributed by atoms with Crippen molar-refractivity contribution in [2.45, 2.75) is 18.9 Å². The smallest absolute Gasteiger partial charge is 0.256 e. The molecule has 7 nitrogen and oxygen atoms in total. The van der Waals surface area contributed by atoms with Gasteiger partial charge in [-0.1, -0.05) is 0 Å². The van der Waals surface area contributed by atoms with Gasteiger partial charge in [0, 0.05) is 18.8 Å². The van der Waals surface area contributed by atoms with Gasteiger partial charge in [0.25, 0.3) is 15.9 Å². The fourth-order valence-electron chi connectivity index (χ4n) is 2.62. The van der Waals surface area contributed by atoms with E-state index in [1.54, 1.807) is 23.3 Å². The third-order valence-electron chi connectivity index (χ3n) is 3.78. The summed E-state index contributed by atoms with van der Waals surface area (Å²) in [6, 6.07) is 0.125. The molecule has 0 atom stereocenters. The van der Waals surface area contributed by atoms with Gasteiger partial charge in [0.15, 0.2) is 5.84 Å². The number of rotatable bonds is 2. The highest BCUT2D eigenvalue weighted by atomic mass is 35.5. The number of carbonyl (C=O) groups excluding carboxylic acids is 1. The highest BCUT2D eigenvalue weighted by Crippen LogP contribution is 2.18. The molecule has 22 heavy (non-hydrogen) atoms. The molecule has 3 rings (SSSR count). The molecule has 0 bridgehead atoms. The van der Waals surface area contributed by atoms with Crippen molar-refractivity contribution in [1.82, 2.24) is 15.5 Å². The van der Waals surface area contributed by atoms with Gasteiger partial charge in [-0.2, -0.15) is 0 Å². The molecule has 1 fully saturated rings. The second kappa shape index (κ2) is 6.80. The molecule has 0 aromatic heterocycles. The van der Waals surface area contributed by atoms with E-state index in [4.69, 9.17) is 0 Å². The summed E-state index contributed by atoms with van der Waals surface area (Å²) in [5.41, 5.74) is 0.319. The zero-order valence-corrected chi connectivity index (χ0v) is 13.6. The van der Waals surface area contributed by atoms with Crippen molar-refractivity contribution in [1.29, 1.82) is 0 Å². The Kier molecular flexibility index (Phi) is 5.25. The van der Waals surface area contributed by atoms with Crippen LogP contribution in [0.4, 0.5) is 0 Å². The number of sulfonamides is 1. The number of carbonyl (C=O) groups is 1. The molecule has 0 radical (unpaired) electrons. The van der Waals surface area contributed by atoms with Gasteiger partial charge in [-0.25, -0.2) is 8.42 Å². The second-order valence-electron chi connectivity index (χ2n) is 5.31. The zero-order chi connectivity index (χ0) is 14.9. The topological polar surface area (TPSA) is 90.9 Å². The summed E-state index contributed by atoms with van der Waals surface area (Å²) >= 11 is 0. The van der Waals surface area contributed by atoms with E-state index in [1.165, 1.54) is 0 Å². The van der Waals surface area contributed by atoms with Crippen LogP contribution in [0.25, 0.3) is 0 Å². The molecule has 3 aliphatic heterocycles. The molecular formula is C13H19ClN4O3S. The maximum Gasteiger partial charge on any atom is 0.256 e. The van der Waals surface area contributed by atoms with Gasteiger partial charge in [-0.3, -0.25) is 4.79 Å². The summed E-state index contributed by atoms with van der Waals surface area (Å²) < 4.78 is 27.1. The van der Waals surface area contributed by atoms with Crippen LogP contribution < -0.4 is 10.6 Å². The average molecular weight is 347 g/mol. The van der Waals surface area contributed by atoms with E-state index < -0.39 is 10.0 Å². The molecule has 0 aliphatic carbocycles. The number of hydrogen-bond donors (Lipinski definition) is 2. The Morgan fingerprint density at radius 1 is 1.36 bits per heavy atom. The average Bonchev–Trinajstić information content (AvgIpc) is 2.46. The summed E-state index contributed by atoms with van der Waals surface area (Å²) in [6.45, 7) is 2.09. The Hall–Kier alpha value is -1.38. The van der Waals surface area contributed by atoms with Crippen LogP contribution in [0.2, 0.25) is 0 Å². The highest BCUT2D eigenvalue weighted by molar-refractivity contribution is 7.90. The van der Waals surface area contributed by atoms with Crippen LogP contribution in [0, 0.1) is 0 Å². The number of fused-ring (bicyclic) bond motifs is 1. The summed E-state index contributed by atoms with van der Waals surface area (Å²) in [5.74, 6) is -0.0494. The van der Waals surface area contributed by atoms with Gasteiger partial charge < -0.3 is 15.5 Å². The molecule has 3 heterocycles. The number of hydrogen-bond acceptors (Lipinski definition) is 5. The second-order valence-corrected chi connectivity index (χ2v) is 7.07. The van der Waals surface area contributed by atoms with Crippen LogP contribution in [0.1, 0.15) is 12.8 Å². The summed E-state index contributed by atoms with van der Waals surface area (Å²) in [7, 11) is -3.47. The van der Waals surface area contributed by atoms with Crippen LogP contribution >= 0.6 is 12.4 Å². The van der Waals surface area contributed by atoms with Crippen LogP contribution in [-0.2, 0) is 14.8 Å². The molecule has 9 heteroatoms. The standard InChI is InChI=1S/C13H18N4O3S.ClH/c18-13(15-10-3-5-14-6-4-10)11-2-1-7-17-8-9-21(19,20)16-12(11)17;/h1-2,7,10,14H,3-6,8-9H2,(H,15,18);1H. The van der Waals surface area contributed by atoms with Crippen LogP contribution in [0.3, 0.4) is 0 Å². The first-order chi connectivity index (χ1) is 10.1. The van der Waals surface area contributed by atoms with Gasteiger partial charge in [0.05, 0.1) is 11.3 Å². The molecule has 1 saturated heterocycles. The van der Waals surface area contributed by atoms with E-state index in [2.05, 4.69) is 15.0 Å². The van der Waals surface area contributed by atoms with Gasteiger partial charge in [0.2, 0.25) is 0 Å². The fourth-order valence-corrected chi connectivity index (χ4v) is 3.61. The van der Waals surface area contributed by atoms with Crippen molar-refractivity contribution < 1.29 is 13.2 Å². The third kappa shape index (κ3) is 3.68. The third-order valence-corrected chi connectivity index (χ3v) is 4.93. The fraction of sp³-hybridized carbons (Fsp3) is 0.538. The first-order valence-electron chi connectivity index (χ1n) is 7.05. The largest absolute Gasteiger partial charge is 0.349 e. The highest BCUT2D eigenvalue weighted by Gasteiger charge is 2.30. The number of nitrogens with one attached hydrogen (secondary N) is 2. The number of piperidine rings is 1. The molecule has 3 aliphatic rings. The predicted molar refractivity (Wildman–Crippen MR) is 86.4 cm³/mol. The van der Waals surface area contributed by atoms with Gasteiger partial charge >= 0.3 is 0 Å². The lowest BCUT2D eigenvalue weighted by Crippen LogP contribution is -2.47. The predicted octanol–water partition coefficient (Wildman–Crippen LogP) is -0.226. The minimum atomic E-state index is -3.47. The number of nitrogens with zero attached hydrogens (tertiary/aromatic N) is 2. The Bertz CT molecular complexity index is 636. The van der Waals surface area contributed by atoms with E-state index in [9.17, 15) is 13.2 Å². The molecule has 0 saturated carbocycles. The Morgan fingerprint density at radius 3 is 2.82 bits per heavy atom. The molecule has 122 valence electrons. The lowest BCUT2D eigenvalue weighted by molar-refractivity contribution is -0.117. The first kappa shape index (κ1) is 17.0. The van der Waals surface area contributed by atoms with Crippen molar-refractivity contribution in [3.05, 3.63) is 23.9 Å². The van der Waals surface area contributed by atoms with Crippen LogP contribution in [0.5, 0.6) is 0 Å². The van der Waals surface area contributed by atoms with E-state index in [-0.39, 0.29) is 35.9 Å². The minimum absolute atomic E-state index is 0. The Morgan fingerprint density at radius 2 is 2.09 bits per heavy atom. The van der Waals surface area contributed by atoms with E-state index in [0.29, 0.717) is 12.1 Å². The molecule has 0 aromatic carbocycles. The molecule has 2 N–H and O–H groups in total. The summed E-state index contributed by atoms with van der Waals surface area (Å²) in [4.78, 5) is 14.1. The number of amidine groups is 1. The molecular weight excluding hydrogens is 328 g/mol. The maximum absolute atomic E-state index is 12.4. The number of allylic oxidation sites excluding steroid dienone is 2. The van der Waals surface area contributed by atoms with Crippen LogP contribution in [-0.4, -0.2) is 56.5 Å². The van der Waals surface area contributed by atoms with Crippen molar-refractivity contribution in [2.24, 2.45) is 4.40 Å². The van der Waals surface area contributed by atoms with Crippen molar-refractivity contribution in [3.8, 4) is 0 Å². The van der Waals surface area contributed by atoms with Crippen molar-refractivity contribution >= 4 is 34.2 Å². The Labute approximate surface area is 136 Å². The summed E-state index contributed by atoms with van der Waals surface area (Å²) in [6.07, 6.45) is 6.86. The van der Waals surface area contributed by atoms with E-state index in [1.807, 2.05) is 0 Å². The number of amides is 1. The van der Waals surface area contributed by atoms with Gasteiger partial charge in [-0.05, 0) is 38.1 Å². The van der Waals surface area contributed by atoms with E-state index in [0.717, 1.165) is 25.9 Å². The molecule has 0 unspecified atom stereocenters. The van der Waals surface area contributed by atoms with Crippen LogP contribution in [0.15, 0.2) is 28.3 Å².